The van der Waals surface area contributed by atoms with E-state index in [0.29, 0.717) is 60.3 Å². The van der Waals surface area contributed by atoms with Crippen molar-refractivity contribution in [1.29, 1.82) is 0 Å². The molecule has 6 saturated carbocycles. The second-order valence-corrected chi connectivity index (χ2v) is 30.2. The molecule has 13 nitrogen and oxygen atoms in total. The van der Waals surface area contributed by atoms with Crippen LogP contribution in [0.15, 0.2) is 57.7 Å². The predicted molar refractivity (Wildman–Crippen MR) is 303 cm³/mol. The van der Waals surface area contributed by atoms with Gasteiger partial charge in [0.25, 0.3) is 0 Å². The second kappa shape index (κ2) is 21.3. The number of guanidine groups is 1. The molecule has 10 aliphatic rings. The lowest BCUT2D eigenvalue weighted by atomic mass is 9.39. The highest BCUT2D eigenvalue weighted by Gasteiger charge is 2.76. The lowest BCUT2D eigenvalue weighted by molar-refractivity contribution is -0.199. The Bertz CT molecular complexity index is 2440. The number of nitrogens with two attached hydrogens (primary N) is 1. The first-order valence-electron chi connectivity index (χ1n) is 30.1. The number of nitrogens with one attached hydrogen (secondary N) is 2. The highest BCUT2D eigenvalue weighted by molar-refractivity contribution is 8.76. The van der Waals surface area contributed by atoms with Crippen molar-refractivity contribution in [2.24, 2.45) is 97.5 Å². The number of fused-ring (bicyclic) bond motifs is 14. The third kappa shape index (κ3) is 8.84. The summed E-state index contributed by atoms with van der Waals surface area (Å²) in [6.45, 7) is 11.2. The number of aliphatic hydroxyl groups excluding tert-OH is 5. The number of rotatable bonds is 11. The maximum absolute atomic E-state index is 15.7. The zero-order valence-corrected chi connectivity index (χ0v) is 48.3. The van der Waals surface area contributed by atoms with E-state index in [9.17, 15) is 30.6 Å². The summed E-state index contributed by atoms with van der Waals surface area (Å²) in [4.78, 5) is 25.3. The molecule has 7 fully saturated rings. The van der Waals surface area contributed by atoms with E-state index in [-0.39, 0.29) is 72.4 Å². The van der Waals surface area contributed by atoms with Gasteiger partial charge in [-0.15, -0.1) is 0 Å². The van der Waals surface area contributed by atoms with Gasteiger partial charge in [-0.3, -0.25) is 9.79 Å². The molecule has 1 aromatic heterocycles. The van der Waals surface area contributed by atoms with Gasteiger partial charge in [-0.05, 0) is 167 Å². The van der Waals surface area contributed by atoms with Crippen molar-refractivity contribution in [2.45, 2.75) is 186 Å². The summed E-state index contributed by atoms with van der Waals surface area (Å²) in [7, 11) is 5.48. The van der Waals surface area contributed by atoms with Gasteiger partial charge in [0.1, 0.15) is 6.23 Å². The smallest absolute Gasteiger partial charge is 0.190 e. The molecule has 422 valence electrons. The molecule has 18 atom stereocenters. The molecule has 10 N–H and O–H groups in total. The summed E-state index contributed by atoms with van der Waals surface area (Å²) in [5, 5.41) is 82.4. The van der Waals surface area contributed by atoms with E-state index in [1.807, 2.05) is 30.4 Å². The van der Waals surface area contributed by atoms with E-state index in [0.717, 1.165) is 57.1 Å². The Morgan fingerprint density at radius 2 is 1.72 bits per heavy atom. The van der Waals surface area contributed by atoms with Crippen LogP contribution >= 0.6 is 21.6 Å². The molecule has 0 unspecified atom stereocenters. The number of imidazole rings is 1. The van der Waals surface area contributed by atoms with Crippen molar-refractivity contribution in [3.8, 4) is 0 Å². The number of aliphatic imine (C=N–C) groups is 1. The maximum atomic E-state index is 15.7. The number of carbonyl (C=O) groups excluding carboxylic acids is 1. The molecule has 2 heterocycles. The van der Waals surface area contributed by atoms with Gasteiger partial charge in [0.05, 0.1) is 36.8 Å². The molecular weight excluding hydrogens is 993 g/mol. The van der Waals surface area contributed by atoms with Crippen LogP contribution in [0.25, 0.3) is 0 Å². The van der Waals surface area contributed by atoms with E-state index in [1.165, 1.54) is 44.1 Å². The monoisotopic (exact) mass is 1090 g/mol. The Morgan fingerprint density at radius 3 is 2.43 bits per heavy atom. The fourth-order valence-electron chi connectivity index (χ4n) is 20.6. The SMILES string of the molecule is CNC[C@@H]1[C@@H](O)[C@@H](O)C[C@]2(CCCC(C)C)[C@@H]3C(=CC(=O)[C@H]12)[C@]1(O)[C@H]2CSSC[C@@H](n4ccnc4)CC(C)(C)C4=C5CCCC6(CCCC6)[C@@H]5C5=C6[C@@H](CCC5)C[C@H]([C@H](O)[C@H]64)[C@@H](C2)[C@@]1(CO)C[C@@H]3CN=C(N)N[C@@H](C)O. The van der Waals surface area contributed by atoms with Gasteiger partial charge in [-0.25, -0.2) is 4.98 Å². The van der Waals surface area contributed by atoms with Crippen LogP contribution in [0.2, 0.25) is 0 Å². The van der Waals surface area contributed by atoms with Crippen molar-refractivity contribution < 1.29 is 35.4 Å². The lowest BCUT2D eigenvalue weighted by Gasteiger charge is -2.66. The van der Waals surface area contributed by atoms with Crippen molar-refractivity contribution in [3.63, 3.8) is 0 Å². The molecule has 15 heteroatoms. The van der Waals surface area contributed by atoms with Crippen molar-refractivity contribution in [3.05, 3.63) is 52.7 Å². The standard InChI is InChI=1S/C61H94N6O7S2/c1-34(2)12-10-19-59-27-47(71)54(72)43(29-63-6)52(59)46(70)24-45-50(59)37(28-65-56(62)66-35(3)69)25-60(32-68)44-23-38(61(45,60)74)30-75-76-31-39(67-21-20-64-33-67)26-57(4,5)53-41-15-11-18-58(16-7-8-17-58)51(41)40-14-9-13-36-22-42(44)55(73)49(53)48(36)40/h20-21,24,33-39,42-44,47,49-52,54-55,63,68-69,71-74H,7-19,22-23,25-32H2,1-6H3,(H3,62,65,66)/t35-,36+,37-,38-,39+,42+,43+,44-,47+,49-,50+,51-,52+,54-,55+,59-,60+,61-/m1/s1. The molecule has 4 bridgehead atoms. The number of hydrogen-bond donors (Lipinski definition) is 9. The van der Waals surface area contributed by atoms with Crippen LogP contribution in [-0.4, -0.2) is 120 Å². The van der Waals surface area contributed by atoms with Crippen LogP contribution in [0.5, 0.6) is 0 Å². The van der Waals surface area contributed by atoms with Crippen molar-refractivity contribution >= 4 is 33.3 Å². The molecule has 76 heavy (non-hydrogen) atoms. The Hall–Kier alpha value is -2.21. The van der Waals surface area contributed by atoms with Gasteiger partial charge >= 0.3 is 0 Å². The normalized spacial score (nSPS) is 43.2. The largest absolute Gasteiger partial charge is 0.396 e. The van der Waals surface area contributed by atoms with Gasteiger partial charge in [0.2, 0.25) is 0 Å². The lowest BCUT2D eigenvalue weighted by Crippen LogP contribution is -2.69. The molecule has 0 amide bonds. The number of aromatic nitrogens is 2. The number of nitrogens with zero attached hydrogens (tertiary/aromatic N) is 3. The first-order chi connectivity index (χ1) is 36.4. The van der Waals surface area contributed by atoms with E-state index in [1.54, 1.807) is 40.5 Å². The maximum Gasteiger partial charge on any atom is 0.190 e. The Labute approximate surface area is 461 Å². The van der Waals surface area contributed by atoms with Crippen LogP contribution in [-0.2, 0) is 4.79 Å². The van der Waals surface area contributed by atoms with E-state index in [2.05, 4.69) is 54.1 Å². The third-order valence-corrected chi connectivity index (χ3v) is 25.4. The fraction of sp³-hybridized carbons (Fsp3) is 0.820. The number of hydrogen-bond acceptors (Lipinski definition) is 12. The fourth-order valence-corrected chi connectivity index (χ4v) is 23.3. The molecule has 0 aromatic carbocycles. The van der Waals surface area contributed by atoms with Gasteiger partial charge in [0, 0.05) is 78.0 Å². The van der Waals surface area contributed by atoms with Gasteiger partial charge < -0.3 is 51.6 Å². The summed E-state index contributed by atoms with van der Waals surface area (Å²) in [5.74, 6) is -0.512. The average Bonchev–Trinajstić information content (AvgIpc) is 4.31. The molecule has 9 aliphatic carbocycles. The Balaban J connectivity index is 1.12. The first-order valence-corrected chi connectivity index (χ1v) is 32.6. The summed E-state index contributed by atoms with van der Waals surface area (Å²) in [6.07, 6.45) is 21.1. The quantitative estimate of drug-likeness (QED) is 0.0337. The molecule has 0 radical (unpaired) electrons. The number of allylic oxidation sites excluding steroid dienone is 3. The minimum Gasteiger partial charge on any atom is -0.396 e. The first kappa shape index (κ1) is 55.7. The minimum absolute atomic E-state index is 0.0914. The van der Waals surface area contributed by atoms with Crippen LogP contribution < -0.4 is 16.4 Å². The topological polar surface area (TPSA) is 219 Å². The minimum atomic E-state index is -1.65. The van der Waals surface area contributed by atoms with Gasteiger partial charge in [-0.1, -0.05) is 97.3 Å². The highest BCUT2D eigenvalue weighted by Crippen LogP contribution is 2.75. The highest BCUT2D eigenvalue weighted by atomic mass is 33.1. The third-order valence-electron chi connectivity index (χ3n) is 22.9. The van der Waals surface area contributed by atoms with Crippen LogP contribution in [0.4, 0.5) is 0 Å². The Kier molecular flexibility index (Phi) is 15.6. The van der Waals surface area contributed by atoms with Crippen LogP contribution in [0, 0.1) is 86.8 Å². The summed E-state index contributed by atoms with van der Waals surface area (Å²) in [5.41, 5.74) is 9.97. The molecule has 1 aromatic rings. The summed E-state index contributed by atoms with van der Waals surface area (Å²) in [6, 6.07) is 0.134. The van der Waals surface area contributed by atoms with Crippen molar-refractivity contribution in [2.75, 3.05) is 38.2 Å². The van der Waals surface area contributed by atoms with E-state index < -0.39 is 58.7 Å². The zero-order valence-electron chi connectivity index (χ0n) is 46.6. The molecule has 1 saturated heterocycles. The van der Waals surface area contributed by atoms with Crippen LogP contribution in [0.1, 0.15) is 156 Å². The molecule has 1 spiro atoms. The molecule has 11 rings (SSSR count). The predicted octanol–water partition coefficient (Wildman–Crippen LogP) is 8.12. The number of aliphatic hydroxyl groups is 6. The average molecular weight is 1090 g/mol. The zero-order chi connectivity index (χ0) is 53.7. The van der Waals surface area contributed by atoms with E-state index >= 15 is 4.79 Å². The van der Waals surface area contributed by atoms with Crippen LogP contribution in [0.3, 0.4) is 0 Å². The van der Waals surface area contributed by atoms with Crippen molar-refractivity contribution in [1.82, 2.24) is 20.2 Å². The second-order valence-electron chi connectivity index (χ2n) is 27.6. The van der Waals surface area contributed by atoms with Gasteiger partial charge in [-0.2, -0.15) is 0 Å². The van der Waals surface area contributed by atoms with E-state index in [4.69, 9.17) is 10.7 Å². The Morgan fingerprint density at radius 1 is 0.974 bits per heavy atom. The summed E-state index contributed by atoms with van der Waals surface area (Å²) >= 11 is 0. The molecule has 1 aliphatic heterocycles. The summed E-state index contributed by atoms with van der Waals surface area (Å²) < 4.78 is 2.30. The van der Waals surface area contributed by atoms with Gasteiger partial charge in [0.15, 0.2) is 11.7 Å². The number of ketones is 1. The number of carbonyl (C=O) groups is 1. The molecular formula is C61H94N6O7S2.